The first-order chi connectivity index (χ1) is 5.89. The number of aryl methyl sites for hydroxylation is 1. The third-order valence-corrected chi connectivity index (χ3v) is 1.35. The van der Waals surface area contributed by atoms with Crippen molar-refractivity contribution in [2.45, 2.75) is 6.92 Å². The molecule has 12 heavy (non-hydrogen) atoms. The zero-order chi connectivity index (χ0) is 8.65. The van der Waals surface area contributed by atoms with Gasteiger partial charge in [-0.2, -0.15) is 5.10 Å². The fraction of sp³-hybridized carbons (Fsp3) is 0.100. The highest BCUT2D eigenvalue weighted by Crippen LogP contribution is 1.92. The van der Waals surface area contributed by atoms with Crippen molar-refractivity contribution in [1.29, 1.82) is 0 Å². The third kappa shape index (κ3) is 3.56. The van der Waals surface area contributed by atoms with Gasteiger partial charge >= 0.3 is 0 Å². The third-order valence-electron chi connectivity index (χ3n) is 1.35. The average Bonchev–Trinajstić information content (AvgIpc) is 2.62. The van der Waals surface area contributed by atoms with Crippen LogP contribution in [0.25, 0.3) is 0 Å². The number of rotatable bonds is 0. The van der Waals surface area contributed by atoms with Crippen LogP contribution in [0.3, 0.4) is 0 Å². The molecule has 0 aliphatic rings. The molecule has 0 saturated carbocycles. The highest BCUT2D eigenvalue weighted by atomic mass is 15.1. The van der Waals surface area contributed by atoms with E-state index in [2.05, 4.69) is 29.3 Å². The van der Waals surface area contributed by atoms with Crippen molar-refractivity contribution in [2.24, 2.45) is 0 Å². The lowest BCUT2D eigenvalue weighted by atomic mass is 10.2. The summed E-state index contributed by atoms with van der Waals surface area (Å²) in [5.74, 6) is 0. The van der Waals surface area contributed by atoms with Crippen molar-refractivity contribution in [3.8, 4) is 0 Å². The Morgan fingerprint density at radius 1 is 1.08 bits per heavy atom. The topological polar surface area (TPSA) is 28.7 Å². The molecule has 1 heterocycles. The van der Waals surface area contributed by atoms with Crippen LogP contribution in [0.1, 0.15) is 5.56 Å². The molecule has 0 unspecified atom stereocenters. The van der Waals surface area contributed by atoms with Crippen LogP contribution in [-0.2, 0) is 0 Å². The summed E-state index contributed by atoms with van der Waals surface area (Å²) in [7, 11) is 0. The minimum absolute atomic E-state index is 1.32. The predicted molar refractivity (Wildman–Crippen MR) is 49.8 cm³/mol. The molecule has 0 fully saturated rings. The van der Waals surface area contributed by atoms with Gasteiger partial charge < -0.3 is 0 Å². The number of nitrogens with zero attached hydrogens (tertiary/aromatic N) is 1. The second-order valence-corrected chi connectivity index (χ2v) is 2.42. The van der Waals surface area contributed by atoms with Gasteiger partial charge in [0.05, 0.1) is 0 Å². The number of benzene rings is 1. The highest BCUT2D eigenvalue weighted by Gasteiger charge is 1.72. The number of aromatic amines is 1. The molecule has 2 heteroatoms. The molecule has 1 aromatic heterocycles. The molecule has 0 bridgehead atoms. The Labute approximate surface area is 72.3 Å². The van der Waals surface area contributed by atoms with Crippen LogP contribution in [0.2, 0.25) is 0 Å². The Kier molecular flexibility index (Phi) is 3.64. The average molecular weight is 160 g/mol. The van der Waals surface area contributed by atoms with Crippen molar-refractivity contribution >= 4 is 0 Å². The molecule has 1 aromatic carbocycles. The number of nitrogens with one attached hydrogen (secondary N) is 1. The van der Waals surface area contributed by atoms with Gasteiger partial charge in [-0.1, -0.05) is 35.9 Å². The van der Waals surface area contributed by atoms with E-state index in [0.717, 1.165) is 0 Å². The van der Waals surface area contributed by atoms with E-state index in [1.54, 1.807) is 12.4 Å². The van der Waals surface area contributed by atoms with Crippen LogP contribution in [-0.4, -0.2) is 10.2 Å². The van der Waals surface area contributed by atoms with Crippen LogP contribution in [0.5, 0.6) is 0 Å². The van der Waals surface area contributed by atoms with Crippen LogP contribution >= 0.6 is 0 Å². The molecule has 62 valence electrons. The van der Waals surface area contributed by atoms with Crippen LogP contribution in [0.15, 0.2) is 48.8 Å². The van der Waals surface area contributed by atoms with Crippen molar-refractivity contribution in [1.82, 2.24) is 10.2 Å². The maximum atomic E-state index is 3.60. The second kappa shape index (κ2) is 5.13. The van der Waals surface area contributed by atoms with Gasteiger partial charge in [0.15, 0.2) is 0 Å². The summed E-state index contributed by atoms with van der Waals surface area (Å²) in [5.41, 5.74) is 1.32. The monoisotopic (exact) mass is 160 g/mol. The van der Waals surface area contributed by atoms with E-state index >= 15 is 0 Å². The largest absolute Gasteiger partial charge is 0.286 e. The molecule has 1 N–H and O–H groups in total. The SMILES string of the molecule is Cc1ccccc1.c1cn[nH]c1. The molecule has 0 radical (unpaired) electrons. The quantitative estimate of drug-likeness (QED) is 0.630. The van der Waals surface area contributed by atoms with Gasteiger partial charge in [-0.3, -0.25) is 5.10 Å². The van der Waals surface area contributed by atoms with Crippen molar-refractivity contribution < 1.29 is 0 Å². The summed E-state index contributed by atoms with van der Waals surface area (Å²) in [6.07, 6.45) is 3.46. The zero-order valence-corrected chi connectivity index (χ0v) is 7.07. The Morgan fingerprint density at radius 2 is 1.83 bits per heavy atom. The lowest BCUT2D eigenvalue weighted by molar-refractivity contribution is 1.09. The summed E-state index contributed by atoms with van der Waals surface area (Å²) >= 11 is 0. The molecule has 0 spiro atoms. The fourth-order valence-electron chi connectivity index (χ4n) is 0.750. The zero-order valence-electron chi connectivity index (χ0n) is 7.07. The summed E-state index contributed by atoms with van der Waals surface area (Å²) in [6, 6.07) is 12.1. The van der Waals surface area contributed by atoms with Crippen LogP contribution in [0.4, 0.5) is 0 Å². The lowest BCUT2D eigenvalue weighted by Gasteiger charge is -1.82. The van der Waals surface area contributed by atoms with Crippen molar-refractivity contribution in [3.63, 3.8) is 0 Å². The maximum absolute atomic E-state index is 3.60. The normalized spacial score (nSPS) is 8.42. The van der Waals surface area contributed by atoms with Gasteiger partial charge in [0, 0.05) is 12.4 Å². The number of hydrogen-bond donors (Lipinski definition) is 1. The van der Waals surface area contributed by atoms with Gasteiger partial charge in [-0.05, 0) is 13.0 Å². The fourth-order valence-corrected chi connectivity index (χ4v) is 0.750. The Balaban J connectivity index is 0.000000127. The van der Waals surface area contributed by atoms with E-state index in [0.29, 0.717) is 0 Å². The van der Waals surface area contributed by atoms with Gasteiger partial charge in [-0.15, -0.1) is 0 Å². The molecular weight excluding hydrogens is 148 g/mol. The highest BCUT2D eigenvalue weighted by molar-refractivity contribution is 5.11. The van der Waals surface area contributed by atoms with E-state index in [1.807, 2.05) is 24.3 Å². The summed E-state index contributed by atoms with van der Waals surface area (Å²) in [6.45, 7) is 2.08. The minimum Gasteiger partial charge on any atom is -0.286 e. The van der Waals surface area contributed by atoms with E-state index in [4.69, 9.17) is 0 Å². The molecule has 0 amide bonds. The van der Waals surface area contributed by atoms with Gasteiger partial charge in [0.2, 0.25) is 0 Å². The molecular formula is C10H12N2. The molecule has 0 aliphatic heterocycles. The Bertz CT molecular complexity index is 257. The number of aromatic nitrogens is 2. The molecule has 2 rings (SSSR count). The Hall–Kier alpha value is -1.57. The second-order valence-electron chi connectivity index (χ2n) is 2.42. The summed E-state index contributed by atoms with van der Waals surface area (Å²) < 4.78 is 0. The number of hydrogen-bond acceptors (Lipinski definition) is 1. The van der Waals surface area contributed by atoms with Crippen LogP contribution < -0.4 is 0 Å². The van der Waals surface area contributed by atoms with Crippen molar-refractivity contribution in [3.05, 3.63) is 54.4 Å². The van der Waals surface area contributed by atoms with Gasteiger partial charge in [-0.25, -0.2) is 0 Å². The Morgan fingerprint density at radius 3 is 2.08 bits per heavy atom. The maximum Gasteiger partial charge on any atom is 0.0487 e. The van der Waals surface area contributed by atoms with Gasteiger partial charge in [0.1, 0.15) is 0 Å². The first-order valence-electron chi connectivity index (χ1n) is 3.85. The van der Waals surface area contributed by atoms with Crippen molar-refractivity contribution in [2.75, 3.05) is 0 Å². The summed E-state index contributed by atoms with van der Waals surface area (Å²) in [5, 5.41) is 6.21. The standard InChI is InChI=1S/C7H8.C3H4N2/c1-7-5-3-2-4-6-7;1-2-4-5-3-1/h2-6H,1H3;1-3H,(H,4,5). The molecule has 0 saturated heterocycles. The van der Waals surface area contributed by atoms with E-state index < -0.39 is 0 Å². The molecule has 2 aromatic rings. The number of H-pyrrole nitrogens is 1. The first kappa shape index (κ1) is 8.53. The van der Waals surface area contributed by atoms with E-state index in [1.165, 1.54) is 5.56 Å². The van der Waals surface area contributed by atoms with E-state index in [-0.39, 0.29) is 0 Å². The predicted octanol–water partition coefficient (Wildman–Crippen LogP) is 2.40. The van der Waals surface area contributed by atoms with E-state index in [9.17, 15) is 0 Å². The summed E-state index contributed by atoms with van der Waals surface area (Å²) in [4.78, 5) is 0. The minimum atomic E-state index is 1.32. The molecule has 2 nitrogen and oxygen atoms in total. The smallest absolute Gasteiger partial charge is 0.0487 e. The molecule has 0 atom stereocenters. The van der Waals surface area contributed by atoms with Crippen LogP contribution in [0, 0.1) is 6.92 Å². The lowest BCUT2D eigenvalue weighted by Crippen LogP contribution is -1.62. The first-order valence-corrected chi connectivity index (χ1v) is 3.85. The van der Waals surface area contributed by atoms with Gasteiger partial charge in [0.25, 0.3) is 0 Å². The molecule has 0 aliphatic carbocycles.